The van der Waals surface area contributed by atoms with E-state index in [9.17, 15) is 8.78 Å². The fourth-order valence-electron chi connectivity index (χ4n) is 4.06. The number of ether oxygens (including phenoxy) is 1. The van der Waals surface area contributed by atoms with Gasteiger partial charge in [0.2, 0.25) is 0 Å². The highest BCUT2D eigenvalue weighted by Crippen LogP contribution is 2.25. The molecule has 0 radical (unpaired) electrons. The molecule has 0 atom stereocenters. The van der Waals surface area contributed by atoms with Gasteiger partial charge in [-0.25, -0.2) is 23.3 Å². The predicted octanol–water partition coefficient (Wildman–Crippen LogP) is 3.22. The maximum atomic E-state index is 14.4. The summed E-state index contributed by atoms with van der Waals surface area (Å²) >= 11 is 0. The number of nitrogens with one attached hydrogen (secondary N) is 1. The fraction of sp³-hybridized carbons (Fsp3) is 0.348. The molecule has 1 aliphatic heterocycles. The van der Waals surface area contributed by atoms with Crippen molar-refractivity contribution in [1.82, 2.24) is 29.0 Å². The highest BCUT2D eigenvalue weighted by atomic mass is 19.1. The van der Waals surface area contributed by atoms with E-state index in [-0.39, 0.29) is 6.42 Å². The van der Waals surface area contributed by atoms with Crippen molar-refractivity contribution in [3.63, 3.8) is 0 Å². The number of benzene rings is 1. The lowest BCUT2D eigenvalue weighted by Gasteiger charge is -2.26. The summed E-state index contributed by atoms with van der Waals surface area (Å²) in [6.45, 7) is 5.61. The number of hydrogen-bond donors (Lipinski definition) is 1. The minimum Gasteiger partial charge on any atom is -0.379 e. The first-order valence-electron chi connectivity index (χ1n) is 10.8. The molecule has 10 heteroatoms. The van der Waals surface area contributed by atoms with Crippen LogP contribution in [-0.4, -0.2) is 55.4 Å². The quantitative estimate of drug-likeness (QED) is 0.483. The Kier molecular flexibility index (Phi) is 5.77. The molecule has 1 aromatic carbocycles. The molecule has 3 aromatic heterocycles. The van der Waals surface area contributed by atoms with Crippen LogP contribution in [0, 0.1) is 18.6 Å². The Hall–Kier alpha value is -3.37. The van der Waals surface area contributed by atoms with E-state index in [1.165, 1.54) is 12.1 Å². The SMILES string of the molecule is Cc1nn2c(CN3CCOCC3)cc(Nc3cn(C)cn3)nc2c1Cc1ccc(F)cc1F. The summed E-state index contributed by atoms with van der Waals surface area (Å²) in [6, 6.07) is 5.61. The van der Waals surface area contributed by atoms with Crippen molar-refractivity contribution in [3.05, 3.63) is 70.9 Å². The second-order valence-corrected chi connectivity index (χ2v) is 8.28. The minimum atomic E-state index is -0.597. The van der Waals surface area contributed by atoms with Crippen molar-refractivity contribution in [3.8, 4) is 0 Å². The number of aromatic nitrogens is 5. The summed E-state index contributed by atoms with van der Waals surface area (Å²) in [7, 11) is 1.90. The molecular formula is C23H25F2N7O. The number of nitrogens with zero attached hydrogens (tertiary/aromatic N) is 6. The van der Waals surface area contributed by atoms with Gasteiger partial charge in [0.25, 0.3) is 0 Å². The van der Waals surface area contributed by atoms with Crippen molar-refractivity contribution in [2.24, 2.45) is 7.05 Å². The number of rotatable bonds is 6. The first-order valence-corrected chi connectivity index (χ1v) is 10.8. The van der Waals surface area contributed by atoms with Crippen molar-refractivity contribution in [2.75, 3.05) is 31.6 Å². The van der Waals surface area contributed by atoms with Gasteiger partial charge in [-0.2, -0.15) is 5.10 Å². The Balaban J connectivity index is 1.57. The van der Waals surface area contributed by atoms with E-state index in [1.807, 2.05) is 35.3 Å². The highest BCUT2D eigenvalue weighted by Gasteiger charge is 2.20. The Bertz CT molecular complexity index is 1290. The first-order chi connectivity index (χ1) is 16.0. The van der Waals surface area contributed by atoms with E-state index in [4.69, 9.17) is 14.8 Å². The molecule has 0 amide bonds. The van der Waals surface area contributed by atoms with Crippen LogP contribution in [0.1, 0.15) is 22.5 Å². The smallest absolute Gasteiger partial charge is 0.161 e. The van der Waals surface area contributed by atoms with Gasteiger partial charge < -0.3 is 14.6 Å². The average Bonchev–Trinajstić information content (AvgIpc) is 3.33. The third-order valence-electron chi connectivity index (χ3n) is 5.79. The molecule has 0 unspecified atom stereocenters. The standard InChI is InChI=1S/C23H25F2N7O/c1-15-19(9-16-3-4-17(24)10-20(16)25)23-28-21(27-22-13-30(2)14-26-22)11-18(32(23)29-15)12-31-5-7-33-8-6-31/h3-4,10-11,13-14H,5-9,12H2,1-2H3,(H,27,28). The van der Waals surface area contributed by atoms with Crippen LogP contribution < -0.4 is 5.32 Å². The third-order valence-corrected chi connectivity index (χ3v) is 5.79. The second-order valence-electron chi connectivity index (χ2n) is 8.28. The lowest BCUT2D eigenvalue weighted by Crippen LogP contribution is -2.36. The topological polar surface area (TPSA) is 72.5 Å². The van der Waals surface area contributed by atoms with Gasteiger partial charge in [-0.15, -0.1) is 0 Å². The Labute approximate surface area is 189 Å². The van der Waals surface area contributed by atoms with Crippen molar-refractivity contribution in [2.45, 2.75) is 19.9 Å². The van der Waals surface area contributed by atoms with Gasteiger partial charge in [-0.05, 0) is 18.6 Å². The lowest BCUT2D eigenvalue weighted by molar-refractivity contribution is 0.0334. The van der Waals surface area contributed by atoms with Crippen molar-refractivity contribution < 1.29 is 13.5 Å². The molecule has 4 aromatic rings. The molecule has 33 heavy (non-hydrogen) atoms. The summed E-state index contributed by atoms with van der Waals surface area (Å²) in [5.74, 6) is 0.130. The summed E-state index contributed by atoms with van der Waals surface area (Å²) in [5.41, 5.74) is 3.54. The third kappa shape index (κ3) is 4.57. The Morgan fingerprint density at radius 2 is 1.94 bits per heavy atom. The Morgan fingerprint density at radius 1 is 1.12 bits per heavy atom. The Morgan fingerprint density at radius 3 is 2.67 bits per heavy atom. The normalized spacial score (nSPS) is 14.8. The van der Waals surface area contributed by atoms with E-state index in [1.54, 1.807) is 6.33 Å². The molecule has 5 rings (SSSR count). The fourth-order valence-corrected chi connectivity index (χ4v) is 4.06. The highest BCUT2D eigenvalue weighted by molar-refractivity contribution is 5.60. The van der Waals surface area contributed by atoms with Crippen LogP contribution in [0.25, 0.3) is 5.65 Å². The molecule has 1 saturated heterocycles. The zero-order valence-electron chi connectivity index (χ0n) is 18.6. The summed E-state index contributed by atoms with van der Waals surface area (Å²) in [5, 5.41) is 7.99. The molecule has 0 aliphatic carbocycles. The molecule has 1 N–H and O–H groups in total. The van der Waals surface area contributed by atoms with E-state index in [2.05, 4.69) is 15.2 Å². The molecule has 4 heterocycles. The number of morpholine rings is 1. The summed E-state index contributed by atoms with van der Waals surface area (Å²) in [4.78, 5) is 11.4. The van der Waals surface area contributed by atoms with Crippen LogP contribution in [0.4, 0.5) is 20.4 Å². The second kappa shape index (κ2) is 8.87. The van der Waals surface area contributed by atoms with E-state index in [0.29, 0.717) is 42.6 Å². The summed E-state index contributed by atoms with van der Waals surface area (Å²) < 4.78 is 37.0. The molecule has 0 saturated carbocycles. The molecule has 8 nitrogen and oxygen atoms in total. The van der Waals surface area contributed by atoms with Crippen molar-refractivity contribution in [1.29, 1.82) is 0 Å². The van der Waals surface area contributed by atoms with E-state index < -0.39 is 11.6 Å². The maximum absolute atomic E-state index is 14.4. The molecule has 172 valence electrons. The number of halogens is 2. The van der Waals surface area contributed by atoms with Crippen LogP contribution in [0.3, 0.4) is 0 Å². The van der Waals surface area contributed by atoms with Gasteiger partial charge in [0.05, 0.1) is 30.9 Å². The maximum Gasteiger partial charge on any atom is 0.161 e. The monoisotopic (exact) mass is 453 g/mol. The van der Waals surface area contributed by atoms with Gasteiger partial charge >= 0.3 is 0 Å². The van der Waals surface area contributed by atoms with Gasteiger partial charge in [-0.1, -0.05) is 6.07 Å². The lowest BCUT2D eigenvalue weighted by atomic mass is 10.0. The van der Waals surface area contributed by atoms with Gasteiger partial charge in [0.15, 0.2) is 5.65 Å². The molecule has 0 spiro atoms. The number of imidazole rings is 1. The average molecular weight is 453 g/mol. The minimum absolute atomic E-state index is 0.262. The van der Waals surface area contributed by atoms with Crippen molar-refractivity contribution >= 4 is 17.3 Å². The number of hydrogen-bond acceptors (Lipinski definition) is 6. The van der Waals surface area contributed by atoms with Crippen LogP contribution in [0.15, 0.2) is 36.8 Å². The van der Waals surface area contributed by atoms with E-state index in [0.717, 1.165) is 36.1 Å². The molecular weight excluding hydrogens is 428 g/mol. The van der Waals surface area contributed by atoms with Crippen LogP contribution in [0.2, 0.25) is 0 Å². The number of anilines is 2. The number of aryl methyl sites for hydroxylation is 2. The van der Waals surface area contributed by atoms with Gasteiger partial charge in [-0.3, -0.25) is 4.90 Å². The summed E-state index contributed by atoms with van der Waals surface area (Å²) in [6.07, 6.45) is 3.84. The molecule has 1 aliphatic rings. The molecule has 0 bridgehead atoms. The predicted molar refractivity (Wildman–Crippen MR) is 119 cm³/mol. The van der Waals surface area contributed by atoms with Gasteiger partial charge in [0, 0.05) is 57.0 Å². The zero-order chi connectivity index (χ0) is 22.9. The largest absolute Gasteiger partial charge is 0.379 e. The zero-order valence-corrected chi connectivity index (χ0v) is 18.6. The van der Waals surface area contributed by atoms with E-state index >= 15 is 0 Å². The van der Waals surface area contributed by atoms with Crippen LogP contribution in [0.5, 0.6) is 0 Å². The first kappa shape index (κ1) is 21.5. The van der Waals surface area contributed by atoms with Gasteiger partial charge in [0.1, 0.15) is 23.3 Å². The number of fused-ring (bicyclic) bond motifs is 1. The molecule has 1 fully saturated rings. The van der Waals surface area contributed by atoms with Crippen LogP contribution >= 0.6 is 0 Å². The van der Waals surface area contributed by atoms with Crippen LogP contribution in [-0.2, 0) is 24.8 Å².